The van der Waals surface area contributed by atoms with Crippen LogP contribution in [0.1, 0.15) is 56.3 Å². The number of benzene rings is 6. The fourth-order valence-corrected chi connectivity index (χ4v) is 67.1. The van der Waals surface area contributed by atoms with Gasteiger partial charge in [-0.15, -0.1) is 0 Å². The van der Waals surface area contributed by atoms with Crippen LogP contribution in [0.4, 0.5) is 0 Å². The van der Waals surface area contributed by atoms with Crippen molar-refractivity contribution < 1.29 is 13.0 Å². The van der Waals surface area contributed by atoms with E-state index in [1.54, 1.807) is 0 Å². The molecule has 0 aliphatic heterocycles. The number of allylic oxidation sites excluding steroid dienone is 2. The van der Waals surface area contributed by atoms with Crippen molar-refractivity contribution in [1.82, 2.24) is 0 Å². The van der Waals surface area contributed by atoms with Crippen LogP contribution in [-0.4, -0.2) is 10.1 Å². The van der Waals surface area contributed by atoms with E-state index in [0.29, 0.717) is 0 Å². The van der Waals surface area contributed by atoms with Crippen molar-refractivity contribution in [2.45, 2.75) is 45.6 Å². The molecular weight excluding hydrogens is 850 g/mol. The van der Waals surface area contributed by atoms with Gasteiger partial charge in [0.2, 0.25) is 0 Å². The van der Waals surface area contributed by atoms with Crippen LogP contribution in [0.15, 0.2) is 132 Å². The molecular formula is C44H40Cl2GeHf. The fraction of sp³-hybridized carbons (Fsp3) is 0.182. The fourth-order valence-electron chi connectivity index (χ4n) is 8.93. The predicted octanol–water partition coefficient (Wildman–Crippen LogP) is 14.0. The Morgan fingerprint density at radius 1 is 0.500 bits per heavy atom. The molecule has 0 amide bonds. The van der Waals surface area contributed by atoms with E-state index >= 15 is 0 Å². The topological polar surface area (TPSA) is 0 Å². The van der Waals surface area contributed by atoms with E-state index in [9.17, 15) is 0 Å². The maximum absolute atomic E-state index is 8.71. The van der Waals surface area contributed by atoms with Gasteiger partial charge in [0.15, 0.2) is 0 Å². The molecule has 0 bridgehead atoms. The third-order valence-electron chi connectivity index (χ3n) is 11.3. The molecule has 0 spiro atoms. The molecule has 2 unspecified atom stereocenters. The van der Waals surface area contributed by atoms with E-state index in [1.807, 2.05) is 0 Å². The normalized spacial score (nSPS) is 17.3. The van der Waals surface area contributed by atoms with Gasteiger partial charge < -0.3 is 0 Å². The SMILES string of the molecule is CCC1=Cc2c(-c3cccc4ccccc34)cccc2[CH]1[Hf]([Cl])([Cl])([CH]1C(CC)=Cc2c(-c3cccc4ccccc34)cccc21)=[Ge]([CH3])[CH3]. The number of hydrogen-bond acceptors (Lipinski definition) is 0. The van der Waals surface area contributed by atoms with E-state index in [-0.39, 0.29) is 7.35 Å². The van der Waals surface area contributed by atoms with Gasteiger partial charge in [-0.25, -0.2) is 0 Å². The average molecular weight is 891 g/mol. The zero-order chi connectivity index (χ0) is 33.2. The average Bonchev–Trinajstić information content (AvgIpc) is 3.71. The van der Waals surface area contributed by atoms with Crippen molar-refractivity contribution in [3.63, 3.8) is 0 Å². The molecule has 6 aromatic carbocycles. The van der Waals surface area contributed by atoms with Gasteiger partial charge in [0.1, 0.15) is 0 Å². The first-order chi connectivity index (χ1) is 23.3. The van der Waals surface area contributed by atoms with Crippen molar-refractivity contribution in [2.24, 2.45) is 0 Å². The standard InChI is InChI=1S/2C21H17.C2H6Ge.2ClH.Hf/c2*1-2-15-13-17-9-6-12-20(21(17)14-15)19-11-5-8-16-7-3-4-10-18(16)19;1-3-2;;;/h2*3-14H,2H2,1H3;1-2H3;2*1H;/q;;;;;+2/p-2. The summed E-state index contributed by atoms with van der Waals surface area (Å²) < 4.78 is 0.217. The van der Waals surface area contributed by atoms with Gasteiger partial charge >= 0.3 is 296 Å². The summed E-state index contributed by atoms with van der Waals surface area (Å²) in [5.41, 5.74) is 13.4. The summed E-state index contributed by atoms with van der Waals surface area (Å²) >= 11 is -4.98. The van der Waals surface area contributed by atoms with Crippen LogP contribution in [0.25, 0.3) is 56.0 Å². The van der Waals surface area contributed by atoms with Crippen LogP contribution >= 0.6 is 17.2 Å². The first kappa shape index (κ1) is 32.5. The Kier molecular flexibility index (Phi) is 8.31. The molecule has 2 aliphatic rings. The monoisotopic (exact) mass is 892 g/mol. The third-order valence-corrected chi connectivity index (χ3v) is 113. The van der Waals surface area contributed by atoms with Gasteiger partial charge in [-0.1, -0.05) is 0 Å². The summed E-state index contributed by atoms with van der Waals surface area (Å²) in [6, 6.07) is 44.6. The molecule has 4 heteroatoms. The Bertz CT molecular complexity index is 2250. The number of halogens is 2. The van der Waals surface area contributed by atoms with E-state index in [1.165, 1.54) is 77.2 Å². The Morgan fingerprint density at radius 2 is 0.875 bits per heavy atom. The molecule has 0 N–H and O–H groups in total. The molecule has 0 saturated carbocycles. The molecule has 0 fully saturated rings. The van der Waals surface area contributed by atoms with Crippen LogP contribution in [0.5, 0.6) is 0 Å². The van der Waals surface area contributed by atoms with Gasteiger partial charge in [0.25, 0.3) is 0 Å². The second kappa shape index (κ2) is 12.3. The van der Waals surface area contributed by atoms with Crippen LogP contribution < -0.4 is 0 Å². The van der Waals surface area contributed by atoms with Crippen molar-refractivity contribution >= 4 is 60.9 Å². The molecule has 0 radical (unpaired) electrons. The molecule has 0 heterocycles. The van der Waals surface area contributed by atoms with Gasteiger partial charge in [0.05, 0.1) is 0 Å². The first-order valence-electron chi connectivity index (χ1n) is 17.3. The third kappa shape index (κ3) is 4.78. The zero-order valence-electron chi connectivity index (χ0n) is 28.0. The second-order valence-corrected chi connectivity index (χ2v) is 93.4. The zero-order valence-corrected chi connectivity index (χ0v) is 35.2. The van der Waals surface area contributed by atoms with Crippen molar-refractivity contribution in [1.29, 1.82) is 0 Å². The number of hydrogen-bond donors (Lipinski definition) is 0. The van der Waals surface area contributed by atoms with Crippen LogP contribution in [0.2, 0.25) is 11.5 Å². The minimum atomic E-state index is -4.98. The Balaban J connectivity index is 1.36. The van der Waals surface area contributed by atoms with Crippen LogP contribution in [0, 0.1) is 0 Å². The summed E-state index contributed by atoms with van der Waals surface area (Å²) in [4.78, 5) is 0. The summed E-state index contributed by atoms with van der Waals surface area (Å²) in [6.45, 7) is 4.60. The first-order valence-corrected chi connectivity index (χ1v) is 44.9. The molecule has 0 nitrogen and oxygen atoms in total. The summed E-state index contributed by atoms with van der Waals surface area (Å²) in [7, 11) is 15.4. The molecule has 2 atom stereocenters. The molecule has 6 aromatic rings. The van der Waals surface area contributed by atoms with Gasteiger partial charge in [-0.3, -0.25) is 0 Å². The summed E-state index contributed by atoms with van der Waals surface area (Å²) in [5, 5.41) is 5.10. The van der Waals surface area contributed by atoms with E-state index in [4.69, 9.17) is 17.2 Å². The molecule has 0 aromatic heterocycles. The van der Waals surface area contributed by atoms with Crippen LogP contribution in [0.3, 0.4) is 0 Å². The molecule has 0 saturated heterocycles. The second-order valence-electron chi connectivity index (χ2n) is 13.8. The summed E-state index contributed by atoms with van der Waals surface area (Å²) in [5.74, 6) is 4.96. The molecule has 48 heavy (non-hydrogen) atoms. The number of rotatable bonds is 6. The summed E-state index contributed by atoms with van der Waals surface area (Å²) in [6.07, 6.45) is 6.87. The molecule has 238 valence electrons. The van der Waals surface area contributed by atoms with Crippen molar-refractivity contribution in [3.05, 3.63) is 155 Å². The van der Waals surface area contributed by atoms with E-state index in [0.717, 1.165) is 12.8 Å². The van der Waals surface area contributed by atoms with Crippen LogP contribution in [-0.2, 0) is 13.0 Å². The Hall–Kier alpha value is -2.69. The van der Waals surface area contributed by atoms with Crippen molar-refractivity contribution in [2.75, 3.05) is 0 Å². The minimum absolute atomic E-state index is 0.109. The quantitative estimate of drug-likeness (QED) is 0.146. The Labute approximate surface area is 293 Å². The maximum atomic E-state index is 8.71. The molecule has 2 aliphatic carbocycles. The van der Waals surface area contributed by atoms with Gasteiger partial charge in [0, 0.05) is 0 Å². The Morgan fingerprint density at radius 3 is 1.29 bits per heavy atom. The van der Waals surface area contributed by atoms with Gasteiger partial charge in [-0.05, 0) is 0 Å². The van der Waals surface area contributed by atoms with Gasteiger partial charge in [-0.2, -0.15) is 0 Å². The predicted molar refractivity (Wildman–Crippen MR) is 210 cm³/mol. The van der Waals surface area contributed by atoms with E-state index < -0.39 is 23.1 Å². The van der Waals surface area contributed by atoms with E-state index in [2.05, 4.69) is 159 Å². The van der Waals surface area contributed by atoms with Crippen molar-refractivity contribution in [3.8, 4) is 22.3 Å². The number of fused-ring (bicyclic) bond motifs is 4. The molecule has 8 rings (SSSR count).